The molecule has 0 aliphatic carbocycles. The summed E-state index contributed by atoms with van der Waals surface area (Å²) in [4.78, 5) is 12.5. The van der Waals surface area contributed by atoms with E-state index in [2.05, 4.69) is 28.9 Å². The summed E-state index contributed by atoms with van der Waals surface area (Å²) in [6.45, 7) is 2.98. The number of amides is 1. The highest BCUT2D eigenvalue weighted by molar-refractivity contribution is 7.89. The number of nitrogens with zero attached hydrogens (tertiary/aromatic N) is 1. The fourth-order valence-corrected chi connectivity index (χ4v) is 4.18. The van der Waals surface area contributed by atoms with Crippen LogP contribution >= 0.6 is 0 Å². The number of anilines is 1. The molecule has 0 saturated heterocycles. The molecule has 0 atom stereocenters. The molecular weight excluding hydrogens is 386 g/mol. The highest BCUT2D eigenvalue weighted by Gasteiger charge is 2.12. The van der Waals surface area contributed by atoms with E-state index in [0.717, 1.165) is 28.5 Å². The highest BCUT2D eigenvalue weighted by Crippen LogP contribution is 2.31. The molecule has 0 aliphatic heterocycles. The molecule has 0 radical (unpaired) electrons. The maximum absolute atomic E-state index is 12.5. The van der Waals surface area contributed by atoms with Gasteiger partial charge in [-0.3, -0.25) is 4.79 Å². The number of nitrogens with two attached hydrogens (primary N) is 1. The van der Waals surface area contributed by atoms with E-state index < -0.39 is 10.0 Å². The summed E-state index contributed by atoms with van der Waals surface area (Å²) < 4.78 is 24.9. The van der Waals surface area contributed by atoms with Crippen molar-refractivity contribution in [3.63, 3.8) is 0 Å². The standard InChI is InChI=1S/C22H21N3O3S/c1-2-25-20-6-4-3-5-18(20)19-14-16(9-12-21(19)25)24-22(26)13-15-7-10-17(11-8-15)29(23,27)28/h3-12,14H,2,13H2,1H3,(H,24,26)(H2,23,27,28). The van der Waals surface area contributed by atoms with Crippen molar-refractivity contribution in [3.05, 3.63) is 72.3 Å². The van der Waals surface area contributed by atoms with Crippen molar-refractivity contribution in [2.75, 3.05) is 5.32 Å². The van der Waals surface area contributed by atoms with E-state index in [-0.39, 0.29) is 17.2 Å². The second kappa shape index (κ2) is 7.35. The number of rotatable bonds is 5. The average molecular weight is 407 g/mol. The lowest BCUT2D eigenvalue weighted by molar-refractivity contribution is -0.115. The first-order valence-corrected chi connectivity index (χ1v) is 10.8. The number of primary sulfonamides is 1. The zero-order valence-corrected chi connectivity index (χ0v) is 16.7. The Hall–Kier alpha value is -3.16. The van der Waals surface area contributed by atoms with Crippen LogP contribution < -0.4 is 10.5 Å². The van der Waals surface area contributed by atoms with Crippen LogP contribution in [0.3, 0.4) is 0 Å². The maximum Gasteiger partial charge on any atom is 0.238 e. The molecule has 3 N–H and O–H groups in total. The summed E-state index contributed by atoms with van der Waals surface area (Å²) in [7, 11) is -3.74. The average Bonchev–Trinajstić information content (AvgIpc) is 3.01. The van der Waals surface area contributed by atoms with Crippen molar-refractivity contribution < 1.29 is 13.2 Å². The van der Waals surface area contributed by atoms with Crippen LogP contribution in [-0.2, 0) is 27.8 Å². The third-order valence-corrected chi connectivity index (χ3v) is 5.92. The quantitative estimate of drug-likeness (QED) is 0.529. The van der Waals surface area contributed by atoms with Crippen LogP contribution in [0.2, 0.25) is 0 Å². The van der Waals surface area contributed by atoms with Gasteiger partial charge >= 0.3 is 0 Å². The monoisotopic (exact) mass is 407 g/mol. The summed E-state index contributed by atoms with van der Waals surface area (Å²) in [6.07, 6.45) is 0.139. The van der Waals surface area contributed by atoms with Gasteiger partial charge in [-0.2, -0.15) is 0 Å². The minimum Gasteiger partial charge on any atom is -0.341 e. The Balaban J connectivity index is 1.58. The molecule has 1 aromatic heterocycles. The lowest BCUT2D eigenvalue weighted by Crippen LogP contribution is -2.15. The van der Waals surface area contributed by atoms with Gasteiger partial charge in [-0.25, -0.2) is 13.6 Å². The van der Waals surface area contributed by atoms with Gasteiger partial charge in [0.05, 0.1) is 11.3 Å². The number of para-hydroxylation sites is 1. The third-order valence-electron chi connectivity index (χ3n) is 4.99. The van der Waals surface area contributed by atoms with E-state index >= 15 is 0 Å². The van der Waals surface area contributed by atoms with E-state index in [4.69, 9.17) is 5.14 Å². The number of fused-ring (bicyclic) bond motifs is 3. The zero-order valence-electron chi connectivity index (χ0n) is 15.9. The number of hydrogen-bond donors (Lipinski definition) is 2. The summed E-state index contributed by atoms with van der Waals surface area (Å²) in [6, 6.07) is 20.1. The Labute approximate surface area is 169 Å². The lowest BCUT2D eigenvalue weighted by atomic mass is 10.1. The summed E-state index contributed by atoms with van der Waals surface area (Å²) >= 11 is 0. The molecule has 6 nitrogen and oxygen atoms in total. The maximum atomic E-state index is 12.5. The Morgan fingerprint density at radius 3 is 2.34 bits per heavy atom. The number of aromatic nitrogens is 1. The zero-order chi connectivity index (χ0) is 20.6. The molecule has 0 fully saturated rings. The van der Waals surface area contributed by atoms with Crippen LogP contribution in [0.25, 0.3) is 21.8 Å². The van der Waals surface area contributed by atoms with Gasteiger partial charge in [-0.05, 0) is 48.9 Å². The predicted octanol–water partition coefficient (Wildman–Crippen LogP) is 3.64. The van der Waals surface area contributed by atoms with E-state index in [1.807, 2.05) is 30.3 Å². The molecular formula is C22H21N3O3S. The Kier molecular flexibility index (Phi) is 4.86. The van der Waals surface area contributed by atoms with Crippen LogP contribution in [-0.4, -0.2) is 18.9 Å². The first-order valence-electron chi connectivity index (χ1n) is 9.29. The topological polar surface area (TPSA) is 94.2 Å². The molecule has 148 valence electrons. The van der Waals surface area contributed by atoms with Crippen molar-refractivity contribution in [2.45, 2.75) is 24.8 Å². The second-order valence-electron chi connectivity index (χ2n) is 6.91. The van der Waals surface area contributed by atoms with Crippen LogP contribution in [0.5, 0.6) is 0 Å². The highest BCUT2D eigenvalue weighted by atomic mass is 32.2. The number of benzene rings is 3. The van der Waals surface area contributed by atoms with Crippen molar-refractivity contribution in [3.8, 4) is 0 Å². The number of hydrogen-bond acceptors (Lipinski definition) is 3. The van der Waals surface area contributed by atoms with E-state index in [1.165, 1.54) is 17.6 Å². The molecule has 0 unspecified atom stereocenters. The van der Waals surface area contributed by atoms with E-state index in [9.17, 15) is 13.2 Å². The normalized spacial score (nSPS) is 11.8. The predicted molar refractivity (Wildman–Crippen MR) is 115 cm³/mol. The second-order valence-corrected chi connectivity index (χ2v) is 8.47. The fraction of sp³-hybridized carbons (Fsp3) is 0.136. The Bertz CT molecular complexity index is 1320. The first-order chi connectivity index (χ1) is 13.9. The minimum atomic E-state index is -3.74. The minimum absolute atomic E-state index is 0.0272. The van der Waals surface area contributed by atoms with Crippen molar-refractivity contribution in [1.29, 1.82) is 0 Å². The van der Waals surface area contributed by atoms with Crippen molar-refractivity contribution >= 4 is 43.4 Å². The summed E-state index contributed by atoms with van der Waals surface area (Å²) in [5, 5.41) is 10.3. The number of nitrogens with one attached hydrogen (secondary N) is 1. The molecule has 0 saturated carbocycles. The molecule has 4 rings (SSSR count). The summed E-state index contributed by atoms with van der Waals surface area (Å²) in [5.74, 6) is -0.174. The van der Waals surface area contributed by atoms with E-state index in [0.29, 0.717) is 5.56 Å². The van der Waals surface area contributed by atoms with Gasteiger partial charge in [0, 0.05) is 34.0 Å². The third kappa shape index (κ3) is 3.74. The van der Waals surface area contributed by atoms with Gasteiger partial charge in [0.1, 0.15) is 0 Å². The SMILES string of the molecule is CCn1c2ccccc2c2cc(NC(=O)Cc3ccc(S(N)(=O)=O)cc3)ccc21. The molecule has 3 aromatic carbocycles. The number of carbonyl (C=O) groups excluding carboxylic acids is 1. The molecule has 0 aliphatic rings. The molecule has 0 bridgehead atoms. The number of carbonyl (C=O) groups is 1. The van der Waals surface area contributed by atoms with Gasteiger partial charge in [0.25, 0.3) is 0 Å². The Morgan fingerprint density at radius 2 is 1.66 bits per heavy atom. The van der Waals surface area contributed by atoms with Gasteiger partial charge < -0.3 is 9.88 Å². The molecule has 7 heteroatoms. The van der Waals surface area contributed by atoms with Crippen LogP contribution in [0.1, 0.15) is 12.5 Å². The smallest absolute Gasteiger partial charge is 0.238 e. The largest absolute Gasteiger partial charge is 0.341 e. The van der Waals surface area contributed by atoms with Crippen molar-refractivity contribution in [2.24, 2.45) is 5.14 Å². The van der Waals surface area contributed by atoms with Gasteiger partial charge in [-0.1, -0.05) is 30.3 Å². The number of aryl methyl sites for hydroxylation is 1. The first kappa shape index (κ1) is 19.2. The van der Waals surface area contributed by atoms with E-state index in [1.54, 1.807) is 12.1 Å². The van der Waals surface area contributed by atoms with Crippen LogP contribution in [0, 0.1) is 0 Å². The van der Waals surface area contributed by atoms with Crippen molar-refractivity contribution in [1.82, 2.24) is 4.57 Å². The molecule has 1 heterocycles. The van der Waals surface area contributed by atoms with Crippen LogP contribution in [0.15, 0.2) is 71.6 Å². The molecule has 0 spiro atoms. The van der Waals surface area contributed by atoms with Crippen LogP contribution in [0.4, 0.5) is 5.69 Å². The lowest BCUT2D eigenvalue weighted by Gasteiger charge is -2.07. The summed E-state index contributed by atoms with van der Waals surface area (Å²) in [5.41, 5.74) is 3.73. The Morgan fingerprint density at radius 1 is 0.966 bits per heavy atom. The molecule has 1 amide bonds. The number of sulfonamides is 1. The molecule has 4 aromatic rings. The fourth-order valence-electron chi connectivity index (χ4n) is 3.66. The van der Waals surface area contributed by atoms with Gasteiger partial charge in [0.2, 0.25) is 15.9 Å². The molecule has 29 heavy (non-hydrogen) atoms. The van der Waals surface area contributed by atoms with Gasteiger partial charge in [0.15, 0.2) is 0 Å². The van der Waals surface area contributed by atoms with Gasteiger partial charge in [-0.15, -0.1) is 0 Å².